The van der Waals surface area contributed by atoms with Crippen molar-refractivity contribution in [2.45, 2.75) is 6.61 Å². The summed E-state index contributed by atoms with van der Waals surface area (Å²) in [6.45, 7) is 1.06. The molecule has 0 bridgehead atoms. The first kappa shape index (κ1) is 8.26. The van der Waals surface area contributed by atoms with E-state index in [1.54, 1.807) is 6.42 Å². The van der Waals surface area contributed by atoms with E-state index in [4.69, 9.17) is 4.84 Å². The monoisotopic (exact) mass is 176 g/mol. The van der Waals surface area contributed by atoms with Gasteiger partial charge in [-0.2, -0.15) is 0 Å². The first-order chi connectivity index (χ1) is 6.36. The molecule has 3 heteroatoms. The molecule has 0 aliphatic carbocycles. The molecule has 0 unspecified atom stereocenters. The van der Waals surface area contributed by atoms with Crippen molar-refractivity contribution in [2.24, 2.45) is 0 Å². The van der Waals surface area contributed by atoms with Gasteiger partial charge in [-0.1, -0.05) is 30.3 Å². The van der Waals surface area contributed by atoms with Gasteiger partial charge >= 0.3 is 0 Å². The van der Waals surface area contributed by atoms with Crippen LogP contribution in [0.15, 0.2) is 30.3 Å². The molecule has 1 saturated heterocycles. The van der Waals surface area contributed by atoms with Crippen LogP contribution in [0, 0.1) is 6.42 Å². The summed E-state index contributed by atoms with van der Waals surface area (Å²) in [5.41, 5.74) is 1.07. The summed E-state index contributed by atoms with van der Waals surface area (Å²) in [5, 5.41) is 1.35. The van der Waals surface area contributed by atoms with Crippen LogP contribution in [0.1, 0.15) is 5.56 Å². The van der Waals surface area contributed by atoms with Crippen LogP contribution in [0.2, 0.25) is 0 Å². The highest BCUT2D eigenvalue weighted by Crippen LogP contribution is 2.10. The maximum absolute atomic E-state index is 10.8. The fourth-order valence-corrected chi connectivity index (χ4v) is 1.08. The van der Waals surface area contributed by atoms with Gasteiger partial charge in [0.1, 0.15) is 6.61 Å². The standard InChI is InChI=1S/C10H10NO2/c12-10-6-7-11(10)13-8-9-4-2-1-3-5-9/h1-6H,7-8H2. The van der Waals surface area contributed by atoms with Crippen LogP contribution < -0.4 is 0 Å². The number of hydroxylamine groups is 2. The number of amides is 1. The second-order valence-electron chi connectivity index (χ2n) is 2.86. The van der Waals surface area contributed by atoms with Crippen LogP contribution in [0.5, 0.6) is 0 Å². The van der Waals surface area contributed by atoms with Crippen molar-refractivity contribution in [3.8, 4) is 0 Å². The van der Waals surface area contributed by atoms with Crippen molar-refractivity contribution in [2.75, 3.05) is 6.54 Å². The van der Waals surface area contributed by atoms with E-state index < -0.39 is 0 Å². The van der Waals surface area contributed by atoms with Gasteiger partial charge in [-0.25, -0.2) is 5.06 Å². The van der Waals surface area contributed by atoms with Gasteiger partial charge in [0.2, 0.25) is 0 Å². The Morgan fingerprint density at radius 1 is 1.31 bits per heavy atom. The Morgan fingerprint density at radius 3 is 2.62 bits per heavy atom. The molecule has 1 aromatic carbocycles. The zero-order chi connectivity index (χ0) is 9.10. The highest BCUT2D eigenvalue weighted by Gasteiger charge is 2.24. The lowest BCUT2D eigenvalue weighted by atomic mass is 10.2. The summed E-state index contributed by atoms with van der Waals surface area (Å²) in [4.78, 5) is 16.0. The Morgan fingerprint density at radius 2 is 2.08 bits per heavy atom. The van der Waals surface area contributed by atoms with E-state index in [0.717, 1.165) is 5.56 Å². The molecule has 2 rings (SSSR count). The number of carbonyl (C=O) groups excluding carboxylic acids is 1. The smallest absolute Gasteiger partial charge is 0.252 e. The molecule has 0 N–H and O–H groups in total. The third-order valence-corrected chi connectivity index (χ3v) is 1.91. The van der Waals surface area contributed by atoms with Crippen molar-refractivity contribution in [3.63, 3.8) is 0 Å². The lowest BCUT2D eigenvalue weighted by Crippen LogP contribution is -2.43. The average molecular weight is 176 g/mol. The molecule has 1 aliphatic rings. The fourth-order valence-electron chi connectivity index (χ4n) is 1.08. The van der Waals surface area contributed by atoms with Crippen LogP contribution in [-0.2, 0) is 16.2 Å². The summed E-state index contributed by atoms with van der Waals surface area (Å²) in [6, 6.07) is 9.78. The molecule has 0 atom stereocenters. The lowest BCUT2D eigenvalue weighted by Gasteiger charge is -2.28. The van der Waals surface area contributed by atoms with E-state index >= 15 is 0 Å². The molecule has 1 fully saturated rings. The molecule has 0 aromatic heterocycles. The molecule has 1 radical (unpaired) electrons. The molecular formula is C10H10NO2. The molecule has 1 aromatic rings. The van der Waals surface area contributed by atoms with E-state index in [1.807, 2.05) is 30.3 Å². The van der Waals surface area contributed by atoms with Gasteiger partial charge in [0.15, 0.2) is 0 Å². The number of nitrogens with zero attached hydrogens (tertiary/aromatic N) is 1. The van der Waals surface area contributed by atoms with Crippen molar-refractivity contribution >= 4 is 5.91 Å². The van der Waals surface area contributed by atoms with Gasteiger partial charge < -0.3 is 0 Å². The summed E-state index contributed by atoms with van der Waals surface area (Å²) in [6.07, 6.45) is 1.59. The summed E-state index contributed by atoms with van der Waals surface area (Å²) in [7, 11) is 0. The molecule has 0 spiro atoms. The quantitative estimate of drug-likeness (QED) is 0.647. The first-order valence-corrected chi connectivity index (χ1v) is 4.18. The van der Waals surface area contributed by atoms with Gasteiger partial charge in [0.25, 0.3) is 5.91 Å². The fraction of sp³-hybridized carbons (Fsp3) is 0.200. The molecular weight excluding hydrogens is 166 g/mol. The zero-order valence-corrected chi connectivity index (χ0v) is 7.14. The van der Waals surface area contributed by atoms with Gasteiger partial charge in [-0.3, -0.25) is 9.63 Å². The largest absolute Gasteiger partial charge is 0.272 e. The maximum Gasteiger partial charge on any atom is 0.252 e. The molecule has 1 amide bonds. The Hall–Kier alpha value is -1.35. The number of rotatable bonds is 3. The summed E-state index contributed by atoms with van der Waals surface area (Å²) < 4.78 is 0. The zero-order valence-electron chi connectivity index (χ0n) is 7.14. The minimum atomic E-state index is -0.0454. The third kappa shape index (κ3) is 1.87. The van der Waals surface area contributed by atoms with Crippen molar-refractivity contribution < 1.29 is 9.63 Å². The molecule has 1 aliphatic heterocycles. The minimum absolute atomic E-state index is 0.0454. The maximum atomic E-state index is 10.8. The van der Waals surface area contributed by atoms with E-state index in [2.05, 4.69) is 0 Å². The number of benzene rings is 1. The van der Waals surface area contributed by atoms with E-state index in [0.29, 0.717) is 13.2 Å². The molecule has 67 valence electrons. The Balaban J connectivity index is 1.83. The van der Waals surface area contributed by atoms with Crippen LogP contribution in [0.25, 0.3) is 0 Å². The van der Waals surface area contributed by atoms with E-state index in [-0.39, 0.29) is 5.91 Å². The first-order valence-electron chi connectivity index (χ1n) is 4.18. The number of β-lactam (4-membered cyclic amide) rings is 1. The lowest BCUT2D eigenvalue weighted by molar-refractivity contribution is -0.201. The Kier molecular flexibility index (Phi) is 2.27. The number of hydrogen-bond acceptors (Lipinski definition) is 2. The van der Waals surface area contributed by atoms with Gasteiger partial charge in [0, 0.05) is 0 Å². The van der Waals surface area contributed by atoms with Gasteiger partial charge in [0.05, 0.1) is 13.0 Å². The Bertz CT molecular complexity index is 297. The number of carbonyl (C=O) groups is 1. The third-order valence-electron chi connectivity index (χ3n) is 1.91. The highest BCUT2D eigenvalue weighted by atomic mass is 16.7. The average Bonchev–Trinajstić information content (AvgIpc) is 2.17. The highest BCUT2D eigenvalue weighted by molar-refractivity contribution is 5.89. The summed E-state index contributed by atoms with van der Waals surface area (Å²) in [5.74, 6) is -0.0454. The van der Waals surface area contributed by atoms with Crippen molar-refractivity contribution in [3.05, 3.63) is 42.3 Å². The molecule has 0 saturated carbocycles. The van der Waals surface area contributed by atoms with E-state index in [1.165, 1.54) is 5.06 Å². The van der Waals surface area contributed by atoms with Gasteiger partial charge in [-0.15, -0.1) is 0 Å². The van der Waals surface area contributed by atoms with E-state index in [9.17, 15) is 4.79 Å². The van der Waals surface area contributed by atoms with Crippen LogP contribution in [-0.4, -0.2) is 17.5 Å². The van der Waals surface area contributed by atoms with Crippen molar-refractivity contribution in [1.82, 2.24) is 5.06 Å². The molecule has 13 heavy (non-hydrogen) atoms. The van der Waals surface area contributed by atoms with Crippen LogP contribution in [0.4, 0.5) is 0 Å². The minimum Gasteiger partial charge on any atom is -0.272 e. The van der Waals surface area contributed by atoms with Crippen LogP contribution >= 0.6 is 0 Å². The molecule has 3 nitrogen and oxygen atoms in total. The van der Waals surface area contributed by atoms with Gasteiger partial charge in [-0.05, 0) is 5.56 Å². The predicted molar refractivity (Wildman–Crippen MR) is 47.2 cm³/mol. The normalized spacial score (nSPS) is 15.7. The SMILES string of the molecule is O=C1[CH]CN1OCc1ccccc1. The Labute approximate surface area is 76.9 Å². The van der Waals surface area contributed by atoms with Crippen molar-refractivity contribution in [1.29, 1.82) is 0 Å². The predicted octanol–water partition coefficient (Wildman–Crippen LogP) is 1.16. The topological polar surface area (TPSA) is 29.5 Å². The number of hydrogen-bond donors (Lipinski definition) is 0. The second-order valence-corrected chi connectivity index (χ2v) is 2.86. The van der Waals surface area contributed by atoms with Crippen LogP contribution in [0.3, 0.4) is 0 Å². The molecule has 1 heterocycles. The second kappa shape index (κ2) is 3.58. The summed E-state index contributed by atoms with van der Waals surface area (Å²) >= 11 is 0.